The zero-order chi connectivity index (χ0) is 15.5. The van der Waals surface area contributed by atoms with Crippen LogP contribution in [0.3, 0.4) is 0 Å². The quantitative estimate of drug-likeness (QED) is 0.872. The van der Waals surface area contributed by atoms with Gasteiger partial charge in [0.1, 0.15) is 4.90 Å². The van der Waals surface area contributed by atoms with Crippen LogP contribution in [0.25, 0.3) is 0 Å². The van der Waals surface area contributed by atoms with Gasteiger partial charge in [0.25, 0.3) is 10.0 Å². The molecule has 0 bridgehead atoms. The van der Waals surface area contributed by atoms with Crippen molar-refractivity contribution in [2.45, 2.75) is 11.4 Å². The van der Waals surface area contributed by atoms with Gasteiger partial charge in [-0.15, -0.1) is 0 Å². The molecule has 0 saturated heterocycles. The number of nitrogens with one attached hydrogen (secondary N) is 2. The molecule has 0 fully saturated rings. The minimum atomic E-state index is -3.86. The lowest BCUT2D eigenvalue weighted by atomic mass is 10.2. The van der Waals surface area contributed by atoms with Crippen molar-refractivity contribution in [1.29, 1.82) is 0 Å². The summed E-state index contributed by atoms with van der Waals surface area (Å²) in [4.78, 5) is -0.118. The van der Waals surface area contributed by atoms with Gasteiger partial charge in [0.05, 0.1) is 15.7 Å². The van der Waals surface area contributed by atoms with Gasteiger partial charge < -0.3 is 5.32 Å². The van der Waals surface area contributed by atoms with Gasteiger partial charge in [-0.05, 0) is 30.8 Å². The topological polar surface area (TPSA) is 58.2 Å². The van der Waals surface area contributed by atoms with Crippen LogP contribution in [-0.2, 0) is 16.6 Å². The SMILES string of the molecule is CNCc1ccccc1NS(=O)(=O)c1c(Cl)cccc1Cl. The maximum absolute atomic E-state index is 12.5. The van der Waals surface area contributed by atoms with E-state index in [1.807, 2.05) is 12.1 Å². The van der Waals surface area contributed by atoms with Crippen LogP contribution in [0.5, 0.6) is 0 Å². The number of halogens is 2. The number of hydrogen-bond donors (Lipinski definition) is 2. The molecule has 0 aromatic heterocycles. The minimum Gasteiger partial charge on any atom is -0.316 e. The summed E-state index contributed by atoms with van der Waals surface area (Å²) >= 11 is 11.9. The van der Waals surface area contributed by atoms with Crippen molar-refractivity contribution in [3.05, 3.63) is 58.1 Å². The van der Waals surface area contributed by atoms with Crippen LogP contribution in [0.4, 0.5) is 5.69 Å². The first-order valence-corrected chi connectivity index (χ1v) is 8.39. The molecular weight excluding hydrogens is 331 g/mol. The molecule has 0 radical (unpaired) electrons. The summed E-state index contributed by atoms with van der Waals surface area (Å²) in [7, 11) is -2.07. The van der Waals surface area contributed by atoms with Gasteiger partial charge in [0.2, 0.25) is 0 Å². The van der Waals surface area contributed by atoms with E-state index in [1.54, 1.807) is 25.2 Å². The van der Waals surface area contributed by atoms with E-state index in [2.05, 4.69) is 10.0 Å². The van der Waals surface area contributed by atoms with Gasteiger partial charge in [-0.2, -0.15) is 0 Å². The third-order valence-corrected chi connectivity index (χ3v) is 5.14. The zero-order valence-electron chi connectivity index (χ0n) is 11.2. The Bertz CT molecular complexity index is 728. The van der Waals surface area contributed by atoms with E-state index in [1.165, 1.54) is 12.1 Å². The van der Waals surface area contributed by atoms with Crippen molar-refractivity contribution in [3.63, 3.8) is 0 Å². The van der Waals surface area contributed by atoms with E-state index in [-0.39, 0.29) is 14.9 Å². The normalized spacial score (nSPS) is 11.4. The van der Waals surface area contributed by atoms with Gasteiger partial charge >= 0.3 is 0 Å². The van der Waals surface area contributed by atoms with E-state index >= 15 is 0 Å². The summed E-state index contributed by atoms with van der Waals surface area (Å²) in [5.74, 6) is 0. The molecule has 2 rings (SSSR count). The molecule has 0 heterocycles. The van der Waals surface area contributed by atoms with Crippen LogP contribution < -0.4 is 10.0 Å². The molecule has 21 heavy (non-hydrogen) atoms. The lowest BCUT2D eigenvalue weighted by Crippen LogP contribution is -2.16. The summed E-state index contributed by atoms with van der Waals surface area (Å²) in [5.41, 5.74) is 1.31. The second kappa shape index (κ2) is 6.66. The highest BCUT2D eigenvalue weighted by Gasteiger charge is 2.22. The van der Waals surface area contributed by atoms with Crippen molar-refractivity contribution in [3.8, 4) is 0 Å². The predicted molar refractivity (Wildman–Crippen MR) is 86.5 cm³/mol. The highest BCUT2D eigenvalue weighted by Crippen LogP contribution is 2.31. The van der Waals surface area contributed by atoms with Crippen LogP contribution in [0.2, 0.25) is 10.0 Å². The Morgan fingerprint density at radius 3 is 2.24 bits per heavy atom. The van der Waals surface area contributed by atoms with Crippen molar-refractivity contribution in [2.75, 3.05) is 11.8 Å². The third-order valence-electron chi connectivity index (χ3n) is 2.82. The fraction of sp³-hybridized carbons (Fsp3) is 0.143. The van der Waals surface area contributed by atoms with Crippen molar-refractivity contribution >= 4 is 38.9 Å². The molecule has 4 nitrogen and oxygen atoms in total. The fourth-order valence-corrected chi connectivity index (χ4v) is 4.15. The van der Waals surface area contributed by atoms with Crippen LogP contribution in [0.15, 0.2) is 47.4 Å². The smallest absolute Gasteiger partial charge is 0.264 e. The summed E-state index contributed by atoms with van der Waals surface area (Å²) < 4.78 is 27.5. The Morgan fingerprint density at radius 1 is 1.00 bits per heavy atom. The van der Waals surface area contributed by atoms with E-state index in [0.29, 0.717) is 12.2 Å². The average Bonchev–Trinajstić information content (AvgIpc) is 2.40. The molecule has 0 spiro atoms. The van der Waals surface area contributed by atoms with Crippen molar-refractivity contribution in [1.82, 2.24) is 5.32 Å². The van der Waals surface area contributed by atoms with Crippen molar-refractivity contribution < 1.29 is 8.42 Å². The van der Waals surface area contributed by atoms with Gasteiger partial charge in [-0.25, -0.2) is 8.42 Å². The molecule has 7 heteroatoms. The van der Waals surface area contributed by atoms with E-state index in [9.17, 15) is 8.42 Å². The van der Waals surface area contributed by atoms with E-state index in [4.69, 9.17) is 23.2 Å². The Hall–Kier alpha value is -1.27. The number of sulfonamides is 1. The Labute approximate surface area is 134 Å². The molecule has 0 unspecified atom stereocenters. The number of para-hydroxylation sites is 1. The highest BCUT2D eigenvalue weighted by molar-refractivity contribution is 7.93. The van der Waals surface area contributed by atoms with Gasteiger partial charge in [0, 0.05) is 6.54 Å². The average molecular weight is 345 g/mol. The second-order valence-electron chi connectivity index (χ2n) is 4.34. The molecule has 0 aliphatic carbocycles. The molecule has 0 amide bonds. The van der Waals surface area contributed by atoms with Crippen LogP contribution in [0.1, 0.15) is 5.56 Å². The molecule has 0 aliphatic heterocycles. The maximum Gasteiger partial charge on any atom is 0.264 e. The first-order valence-electron chi connectivity index (χ1n) is 6.15. The molecular formula is C14H14Cl2N2O2S. The maximum atomic E-state index is 12.5. The van der Waals surface area contributed by atoms with Gasteiger partial charge in [0.15, 0.2) is 0 Å². The Morgan fingerprint density at radius 2 is 1.62 bits per heavy atom. The fourth-order valence-electron chi connectivity index (χ4n) is 1.90. The first-order chi connectivity index (χ1) is 9.95. The summed E-state index contributed by atoms with van der Waals surface area (Å²) in [6.07, 6.45) is 0. The molecule has 112 valence electrons. The van der Waals surface area contributed by atoms with Gasteiger partial charge in [-0.1, -0.05) is 47.5 Å². The number of rotatable bonds is 5. The van der Waals surface area contributed by atoms with Crippen LogP contribution in [-0.4, -0.2) is 15.5 Å². The molecule has 0 aliphatic rings. The molecule has 2 aromatic carbocycles. The number of anilines is 1. The standard InChI is InChI=1S/C14H14Cl2N2O2S/c1-17-9-10-5-2-3-8-13(10)18-21(19,20)14-11(15)6-4-7-12(14)16/h2-8,17-18H,9H2,1H3. The Kier molecular flexibility index (Phi) is 5.11. The third kappa shape index (κ3) is 3.68. The van der Waals surface area contributed by atoms with Crippen LogP contribution in [0, 0.1) is 0 Å². The molecule has 0 saturated carbocycles. The second-order valence-corrected chi connectivity index (χ2v) is 6.78. The Balaban J connectivity index is 2.43. The zero-order valence-corrected chi connectivity index (χ0v) is 13.6. The van der Waals surface area contributed by atoms with E-state index in [0.717, 1.165) is 5.56 Å². The largest absolute Gasteiger partial charge is 0.316 e. The molecule has 2 N–H and O–H groups in total. The van der Waals surface area contributed by atoms with Gasteiger partial charge in [-0.3, -0.25) is 4.72 Å². The van der Waals surface area contributed by atoms with Crippen molar-refractivity contribution in [2.24, 2.45) is 0 Å². The summed E-state index contributed by atoms with van der Waals surface area (Å²) in [6, 6.07) is 11.7. The number of benzene rings is 2. The highest BCUT2D eigenvalue weighted by atomic mass is 35.5. The lowest BCUT2D eigenvalue weighted by molar-refractivity contribution is 0.601. The number of hydrogen-bond acceptors (Lipinski definition) is 3. The first kappa shape index (κ1) is 16.1. The summed E-state index contributed by atoms with van der Waals surface area (Å²) in [5, 5.41) is 3.15. The monoisotopic (exact) mass is 344 g/mol. The van der Waals surface area contributed by atoms with E-state index < -0.39 is 10.0 Å². The minimum absolute atomic E-state index is 0.0843. The van der Waals surface area contributed by atoms with Crippen LogP contribution >= 0.6 is 23.2 Å². The molecule has 0 atom stereocenters. The lowest BCUT2D eigenvalue weighted by Gasteiger charge is -2.14. The molecule has 2 aromatic rings. The predicted octanol–water partition coefficient (Wildman–Crippen LogP) is 3.51. The summed E-state index contributed by atoms with van der Waals surface area (Å²) in [6.45, 7) is 0.537.